The van der Waals surface area contributed by atoms with Crippen molar-refractivity contribution in [2.24, 2.45) is 28.6 Å². The molecule has 0 aliphatic heterocycles. The lowest BCUT2D eigenvalue weighted by atomic mass is 9.40. The fourth-order valence-corrected chi connectivity index (χ4v) is 9.01. The number of aliphatic hydroxyl groups is 2. The smallest absolute Gasteiger partial charge is 0.307 e. The van der Waals surface area contributed by atoms with E-state index in [1.165, 1.54) is 27.7 Å². The van der Waals surface area contributed by atoms with Gasteiger partial charge in [-0.3, -0.25) is 24.0 Å². The van der Waals surface area contributed by atoms with Gasteiger partial charge in [-0.25, -0.2) is 0 Å². The summed E-state index contributed by atoms with van der Waals surface area (Å²) in [5.74, 6) is -6.10. The highest BCUT2D eigenvalue weighted by Crippen LogP contribution is 2.70. The fraction of sp³-hybridized carbons (Fsp3) is 0.821. The van der Waals surface area contributed by atoms with E-state index in [-0.39, 0.29) is 44.9 Å². The van der Waals surface area contributed by atoms with E-state index in [2.05, 4.69) is 0 Å². The molecule has 4 fully saturated rings. The molecule has 4 saturated carbocycles. The Labute approximate surface area is 232 Å². The quantitative estimate of drug-likeness (QED) is 0.311. The highest BCUT2D eigenvalue weighted by molar-refractivity contribution is 5.72. The minimum Gasteiger partial charge on any atom is -0.481 e. The van der Waals surface area contributed by atoms with Crippen molar-refractivity contribution >= 4 is 29.8 Å². The van der Waals surface area contributed by atoms with E-state index >= 15 is 0 Å². The van der Waals surface area contributed by atoms with Gasteiger partial charge >= 0.3 is 29.8 Å². The lowest BCUT2D eigenvalue weighted by Crippen LogP contribution is -2.76. The highest BCUT2D eigenvalue weighted by atomic mass is 16.6. The van der Waals surface area contributed by atoms with Gasteiger partial charge in [0.15, 0.2) is 0 Å². The van der Waals surface area contributed by atoms with Crippen molar-refractivity contribution in [3.8, 4) is 0 Å². The van der Waals surface area contributed by atoms with Gasteiger partial charge in [0.1, 0.15) is 24.9 Å². The monoisotopic (exact) mass is 568 g/mol. The van der Waals surface area contributed by atoms with Crippen LogP contribution in [0.3, 0.4) is 0 Å². The van der Waals surface area contributed by atoms with Crippen molar-refractivity contribution in [3.05, 3.63) is 0 Å². The lowest BCUT2D eigenvalue weighted by molar-refractivity contribution is -0.320. The number of carbonyl (C=O) groups is 5. The van der Waals surface area contributed by atoms with Gasteiger partial charge in [0.05, 0.1) is 22.5 Å². The topological polar surface area (TPSA) is 183 Å². The van der Waals surface area contributed by atoms with Crippen LogP contribution in [-0.2, 0) is 42.9 Å². The van der Waals surface area contributed by atoms with Crippen molar-refractivity contribution in [2.75, 3.05) is 6.61 Å². The molecule has 0 aromatic rings. The molecule has 3 N–H and O–H groups in total. The van der Waals surface area contributed by atoms with E-state index in [1.54, 1.807) is 6.92 Å². The Balaban J connectivity index is 1.94. The molecule has 8 unspecified atom stereocenters. The van der Waals surface area contributed by atoms with Gasteiger partial charge in [-0.15, -0.1) is 0 Å². The van der Waals surface area contributed by atoms with Gasteiger partial charge < -0.3 is 34.3 Å². The van der Waals surface area contributed by atoms with Gasteiger partial charge in [0.2, 0.25) is 0 Å². The molecule has 0 heterocycles. The molecule has 4 aliphatic carbocycles. The number of fused-ring (bicyclic) bond motifs is 5. The summed E-state index contributed by atoms with van der Waals surface area (Å²) in [4.78, 5) is 61.2. The molecule has 12 heteroatoms. The molecule has 40 heavy (non-hydrogen) atoms. The van der Waals surface area contributed by atoms with Gasteiger partial charge in [-0.05, 0) is 38.0 Å². The summed E-state index contributed by atoms with van der Waals surface area (Å²) in [6.45, 7) is 6.12. The molecule has 224 valence electrons. The van der Waals surface area contributed by atoms with Crippen LogP contribution in [0.5, 0.6) is 0 Å². The molecule has 12 nitrogen and oxygen atoms in total. The first-order valence-electron chi connectivity index (χ1n) is 13.8. The third kappa shape index (κ3) is 4.56. The maximum atomic E-state index is 12.5. The van der Waals surface area contributed by atoms with Crippen LogP contribution in [0.2, 0.25) is 0 Å². The van der Waals surface area contributed by atoms with Gasteiger partial charge in [0.25, 0.3) is 0 Å². The lowest BCUT2D eigenvalue weighted by Gasteiger charge is -2.68. The first-order chi connectivity index (χ1) is 18.5. The zero-order chi connectivity index (χ0) is 29.8. The number of ether oxygens (including phenoxy) is 4. The van der Waals surface area contributed by atoms with E-state index in [0.29, 0.717) is 0 Å². The second kappa shape index (κ2) is 10.3. The molecule has 0 spiro atoms. The number of esters is 4. The van der Waals surface area contributed by atoms with Crippen LogP contribution in [0.1, 0.15) is 79.6 Å². The molecular weight excluding hydrogens is 528 g/mol. The van der Waals surface area contributed by atoms with Crippen molar-refractivity contribution in [1.29, 1.82) is 0 Å². The summed E-state index contributed by atoms with van der Waals surface area (Å²) in [7, 11) is 0. The highest BCUT2D eigenvalue weighted by Gasteiger charge is 2.77. The van der Waals surface area contributed by atoms with E-state index in [9.17, 15) is 39.3 Å². The summed E-state index contributed by atoms with van der Waals surface area (Å²) >= 11 is 0. The third-order valence-corrected chi connectivity index (χ3v) is 10.4. The van der Waals surface area contributed by atoms with Crippen molar-refractivity contribution in [3.63, 3.8) is 0 Å². The predicted molar refractivity (Wildman–Crippen MR) is 134 cm³/mol. The first-order valence-corrected chi connectivity index (χ1v) is 13.8. The molecule has 0 aromatic heterocycles. The summed E-state index contributed by atoms with van der Waals surface area (Å²) in [6, 6.07) is 0. The Bertz CT molecular complexity index is 1090. The average Bonchev–Trinajstić information content (AvgIpc) is 3.07. The Morgan fingerprint density at radius 2 is 1.45 bits per heavy atom. The van der Waals surface area contributed by atoms with Gasteiger partial charge in [-0.2, -0.15) is 0 Å². The fourth-order valence-electron chi connectivity index (χ4n) is 9.01. The van der Waals surface area contributed by atoms with Gasteiger partial charge in [0, 0.05) is 51.9 Å². The van der Waals surface area contributed by atoms with Crippen LogP contribution >= 0.6 is 0 Å². The molecule has 0 radical (unpaired) electrons. The van der Waals surface area contributed by atoms with E-state index < -0.39 is 94.6 Å². The van der Waals surface area contributed by atoms with Crippen LogP contribution in [0.4, 0.5) is 0 Å². The van der Waals surface area contributed by atoms with Crippen molar-refractivity contribution in [2.45, 2.75) is 109 Å². The Kier molecular flexibility index (Phi) is 7.77. The number of carbonyl (C=O) groups excluding carboxylic acids is 4. The second-order valence-corrected chi connectivity index (χ2v) is 12.4. The van der Waals surface area contributed by atoms with Crippen LogP contribution in [-0.4, -0.2) is 81.3 Å². The number of carboxylic acid groups (broad SMARTS) is 1. The molecule has 4 rings (SSSR count). The largest absolute Gasteiger partial charge is 0.481 e. The average molecular weight is 569 g/mol. The minimum absolute atomic E-state index is 0.0216. The van der Waals surface area contributed by atoms with E-state index in [4.69, 9.17) is 18.9 Å². The molecule has 0 saturated heterocycles. The van der Waals surface area contributed by atoms with Crippen LogP contribution in [0, 0.1) is 28.6 Å². The number of hydrogen-bond donors (Lipinski definition) is 3. The minimum atomic E-state index is -1.73. The Morgan fingerprint density at radius 1 is 0.825 bits per heavy atom. The molecule has 0 amide bonds. The van der Waals surface area contributed by atoms with Gasteiger partial charge in [-0.1, -0.05) is 6.92 Å². The molecule has 0 aromatic carbocycles. The van der Waals surface area contributed by atoms with Crippen LogP contribution in [0.25, 0.3) is 0 Å². The molecule has 4 aliphatic rings. The standard InChI is InChI=1S/C28H40O12/c1-14(29)37-13-27-22(40-17(4)32)10-18(38-15(2)30)11-26(27,35)8-6-19-23(27)21(39-16(3)31)12-25(5)20(24(33)34)7-9-28(19,25)36/h18-23,35-36H,6-13H2,1-5H3,(H,33,34)/t18?,19?,20?,21-,22+,23?,25?,26?,27?,28?/m1/s1. The molecule has 10 atom stereocenters. The van der Waals surface area contributed by atoms with Crippen molar-refractivity contribution < 1.29 is 58.2 Å². The number of hydrogen-bond acceptors (Lipinski definition) is 11. The number of aliphatic carboxylic acids is 1. The SMILES string of the molecule is CC(=O)OCC12C3C(CCC1(O)CC(OC(C)=O)C[C@@H]2OC(C)=O)C1(O)CCC(C(=O)O)C1(C)C[C@H]3OC(C)=O. The zero-order valence-corrected chi connectivity index (χ0v) is 23.6. The second-order valence-electron chi connectivity index (χ2n) is 12.4. The first kappa shape index (κ1) is 30.2. The van der Waals surface area contributed by atoms with Crippen LogP contribution in [0.15, 0.2) is 0 Å². The number of rotatable bonds is 6. The van der Waals surface area contributed by atoms with Crippen LogP contribution < -0.4 is 0 Å². The van der Waals surface area contributed by atoms with E-state index in [1.807, 2.05) is 0 Å². The van der Waals surface area contributed by atoms with E-state index in [0.717, 1.165) is 0 Å². The normalized spacial score (nSPS) is 43.8. The summed E-state index contributed by atoms with van der Waals surface area (Å²) in [6.07, 6.45) is -2.43. The maximum Gasteiger partial charge on any atom is 0.307 e. The summed E-state index contributed by atoms with van der Waals surface area (Å²) in [5.41, 5.74) is -5.97. The molecule has 0 bridgehead atoms. The maximum absolute atomic E-state index is 12.5. The third-order valence-electron chi connectivity index (χ3n) is 10.4. The predicted octanol–water partition coefficient (Wildman–Crippen LogP) is 1.52. The Morgan fingerprint density at radius 3 is 2.00 bits per heavy atom. The zero-order valence-electron chi connectivity index (χ0n) is 23.6. The summed E-state index contributed by atoms with van der Waals surface area (Å²) in [5, 5.41) is 34.9. The summed E-state index contributed by atoms with van der Waals surface area (Å²) < 4.78 is 22.7. The molecular formula is C28H40O12. The Hall–Kier alpha value is -2.73. The number of carboxylic acids is 1. The van der Waals surface area contributed by atoms with Crippen molar-refractivity contribution in [1.82, 2.24) is 0 Å².